The van der Waals surface area contributed by atoms with Gasteiger partial charge in [-0.05, 0) is 31.0 Å². The van der Waals surface area contributed by atoms with Crippen molar-refractivity contribution in [2.75, 3.05) is 6.61 Å². The van der Waals surface area contributed by atoms with E-state index < -0.39 is 0 Å². The van der Waals surface area contributed by atoms with E-state index in [1.54, 1.807) is 0 Å². The molecule has 15 heavy (non-hydrogen) atoms. The molecule has 0 saturated carbocycles. The van der Waals surface area contributed by atoms with Gasteiger partial charge in [0.15, 0.2) is 0 Å². The number of nitrogens with two attached hydrogens (primary N) is 1. The zero-order chi connectivity index (χ0) is 11.2. The van der Waals surface area contributed by atoms with Crippen molar-refractivity contribution in [3.05, 3.63) is 27.8 Å². The van der Waals surface area contributed by atoms with E-state index in [-0.39, 0.29) is 6.04 Å². The third-order valence-electron chi connectivity index (χ3n) is 3.14. The minimum Gasteiger partial charge on any atom is -0.493 e. The van der Waals surface area contributed by atoms with Crippen molar-refractivity contribution in [1.82, 2.24) is 0 Å². The van der Waals surface area contributed by atoms with Crippen LogP contribution in [-0.4, -0.2) is 6.61 Å². The lowest BCUT2D eigenvalue weighted by atomic mass is 9.89. The fraction of sp³-hybridized carbons (Fsp3) is 0.500. The Morgan fingerprint density at radius 1 is 1.47 bits per heavy atom. The first-order valence-corrected chi connectivity index (χ1v) is 5.58. The molecule has 0 radical (unpaired) electrons. The third-order valence-corrected chi connectivity index (χ3v) is 3.72. The Hall–Kier alpha value is -0.730. The smallest absolute Gasteiger partial charge is 0.124 e. The van der Waals surface area contributed by atoms with Gasteiger partial charge in [-0.3, -0.25) is 0 Å². The molecular formula is C12H16ClNO. The standard InChI is InChI=1S/C12H16ClNO/c1-6-4-9-10(8(3)11(6)13)12(14)7(2)5-15-9/h4,7,12H,5,14H2,1-3H3. The summed E-state index contributed by atoms with van der Waals surface area (Å²) in [4.78, 5) is 0. The number of hydrogen-bond acceptors (Lipinski definition) is 2. The molecule has 2 atom stereocenters. The quantitative estimate of drug-likeness (QED) is 0.737. The van der Waals surface area contributed by atoms with Gasteiger partial charge in [0.05, 0.1) is 6.61 Å². The number of fused-ring (bicyclic) bond motifs is 1. The van der Waals surface area contributed by atoms with E-state index in [1.165, 1.54) is 0 Å². The summed E-state index contributed by atoms with van der Waals surface area (Å²) in [5.41, 5.74) is 9.36. The predicted octanol–water partition coefficient (Wildman–Crippen LogP) is 2.99. The fourth-order valence-corrected chi connectivity index (χ4v) is 2.24. The Morgan fingerprint density at radius 3 is 2.80 bits per heavy atom. The summed E-state index contributed by atoms with van der Waals surface area (Å²) in [6.07, 6.45) is 0. The third kappa shape index (κ3) is 1.62. The summed E-state index contributed by atoms with van der Waals surface area (Å²) < 4.78 is 5.68. The Kier molecular flexibility index (Phi) is 2.65. The molecule has 0 aromatic heterocycles. The van der Waals surface area contributed by atoms with E-state index >= 15 is 0 Å². The van der Waals surface area contributed by atoms with Crippen molar-refractivity contribution in [1.29, 1.82) is 0 Å². The maximum atomic E-state index is 6.22. The van der Waals surface area contributed by atoms with E-state index in [1.807, 2.05) is 19.9 Å². The van der Waals surface area contributed by atoms with E-state index in [4.69, 9.17) is 22.1 Å². The molecule has 2 N–H and O–H groups in total. The van der Waals surface area contributed by atoms with Crippen molar-refractivity contribution in [2.45, 2.75) is 26.8 Å². The molecule has 3 heteroatoms. The molecule has 0 saturated heterocycles. The monoisotopic (exact) mass is 225 g/mol. The van der Waals surface area contributed by atoms with Crippen LogP contribution in [0.25, 0.3) is 0 Å². The second-order valence-electron chi connectivity index (χ2n) is 4.36. The maximum Gasteiger partial charge on any atom is 0.124 e. The van der Waals surface area contributed by atoms with Crippen LogP contribution in [0.1, 0.15) is 29.7 Å². The van der Waals surface area contributed by atoms with Crippen molar-refractivity contribution >= 4 is 11.6 Å². The van der Waals surface area contributed by atoms with E-state index in [9.17, 15) is 0 Å². The van der Waals surface area contributed by atoms with Gasteiger partial charge in [0.25, 0.3) is 0 Å². The first-order chi connectivity index (χ1) is 7.02. The highest BCUT2D eigenvalue weighted by Gasteiger charge is 2.27. The van der Waals surface area contributed by atoms with Crippen molar-refractivity contribution in [2.24, 2.45) is 11.7 Å². The van der Waals surface area contributed by atoms with Gasteiger partial charge in [-0.25, -0.2) is 0 Å². The van der Waals surface area contributed by atoms with Gasteiger partial charge in [0, 0.05) is 22.5 Å². The van der Waals surface area contributed by atoms with Crippen LogP contribution in [0, 0.1) is 19.8 Å². The molecule has 1 heterocycles. The number of benzene rings is 1. The highest BCUT2D eigenvalue weighted by molar-refractivity contribution is 6.32. The zero-order valence-corrected chi connectivity index (χ0v) is 10.1. The van der Waals surface area contributed by atoms with Crippen LogP contribution in [-0.2, 0) is 0 Å². The van der Waals surface area contributed by atoms with Crippen LogP contribution >= 0.6 is 11.6 Å². The molecular weight excluding hydrogens is 210 g/mol. The van der Waals surface area contributed by atoms with Crippen molar-refractivity contribution in [3.63, 3.8) is 0 Å². The van der Waals surface area contributed by atoms with Crippen LogP contribution < -0.4 is 10.5 Å². The number of aryl methyl sites for hydroxylation is 1. The molecule has 0 aliphatic carbocycles. The van der Waals surface area contributed by atoms with Gasteiger partial charge in [0.2, 0.25) is 0 Å². The Morgan fingerprint density at radius 2 is 2.13 bits per heavy atom. The minimum atomic E-state index is 0.0341. The minimum absolute atomic E-state index is 0.0341. The molecule has 0 fully saturated rings. The van der Waals surface area contributed by atoms with Crippen molar-refractivity contribution < 1.29 is 4.74 Å². The average Bonchev–Trinajstić information content (AvgIpc) is 2.20. The van der Waals surface area contributed by atoms with Crippen LogP contribution in [0.2, 0.25) is 5.02 Å². The molecule has 2 unspecified atom stereocenters. The summed E-state index contributed by atoms with van der Waals surface area (Å²) in [5.74, 6) is 1.25. The van der Waals surface area contributed by atoms with Gasteiger partial charge in [0.1, 0.15) is 5.75 Å². The van der Waals surface area contributed by atoms with Gasteiger partial charge < -0.3 is 10.5 Å². The summed E-state index contributed by atoms with van der Waals surface area (Å²) in [5, 5.41) is 0.807. The first-order valence-electron chi connectivity index (χ1n) is 5.20. The Balaban J connectivity index is 2.62. The largest absolute Gasteiger partial charge is 0.493 e. The van der Waals surface area contributed by atoms with Crippen LogP contribution in [0.15, 0.2) is 6.07 Å². The molecule has 2 nitrogen and oxygen atoms in total. The number of halogens is 1. The molecule has 2 rings (SSSR count). The molecule has 1 aromatic carbocycles. The normalized spacial score (nSPS) is 24.6. The Bertz CT molecular complexity index is 403. The second-order valence-corrected chi connectivity index (χ2v) is 4.74. The average molecular weight is 226 g/mol. The maximum absolute atomic E-state index is 6.22. The summed E-state index contributed by atoms with van der Waals surface area (Å²) >= 11 is 6.22. The Labute approximate surface area is 95.4 Å². The van der Waals surface area contributed by atoms with Crippen LogP contribution in [0.5, 0.6) is 5.75 Å². The topological polar surface area (TPSA) is 35.2 Å². The highest BCUT2D eigenvalue weighted by Crippen LogP contribution is 2.40. The van der Waals surface area contributed by atoms with E-state index in [0.717, 1.165) is 27.5 Å². The summed E-state index contributed by atoms with van der Waals surface area (Å²) in [7, 11) is 0. The molecule has 1 aliphatic heterocycles. The number of hydrogen-bond donors (Lipinski definition) is 1. The molecule has 1 aromatic rings. The fourth-order valence-electron chi connectivity index (χ4n) is 2.08. The number of ether oxygens (including phenoxy) is 1. The summed E-state index contributed by atoms with van der Waals surface area (Å²) in [6, 6.07) is 2.02. The molecule has 0 bridgehead atoms. The van der Waals surface area contributed by atoms with Crippen molar-refractivity contribution in [3.8, 4) is 5.75 Å². The SMILES string of the molecule is Cc1cc2c(c(C)c1Cl)C(N)C(C)CO2. The van der Waals surface area contributed by atoms with Crippen LogP contribution in [0.3, 0.4) is 0 Å². The van der Waals surface area contributed by atoms with E-state index in [2.05, 4.69) is 6.92 Å². The lowest BCUT2D eigenvalue weighted by Crippen LogP contribution is -2.30. The zero-order valence-electron chi connectivity index (χ0n) is 9.30. The summed E-state index contributed by atoms with van der Waals surface area (Å²) in [6.45, 7) is 6.79. The molecule has 0 amide bonds. The van der Waals surface area contributed by atoms with Gasteiger partial charge in [-0.1, -0.05) is 18.5 Å². The van der Waals surface area contributed by atoms with E-state index in [0.29, 0.717) is 12.5 Å². The van der Waals surface area contributed by atoms with Crippen LogP contribution in [0.4, 0.5) is 0 Å². The molecule has 1 aliphatic rings. The van der Waals surface area contributed by atoms with Gasteiger partial charge >= 0.3 is 0 Å². The second kappa shape index (κ2) is 3.69. The highest BCUT2D eigenvalue weighted by atomic mass is 35.5. The predicted molar refractivity (Wildman–Crippen MR) is 62.5 cm³/mol. The lowest BCUT2D eigenvalue weighted by Gasteiger charge is -2.31. The molecule has 82 valence electrons. The van der Waals surface area contributed by atoms with Gasteiger partial charge in [-0.2, -0.15) is 0 Å². The first kappa shape index (κ1) is 10.8. The number of rotatable bonds is 0. The molecule has 0 spiro atoms. The lowest BCUT2D eigenvalue weighted by molar-refractivity contribution is 0.206. The van der Waals surface area contributed by atoms with Gasteiger partial charge in [-0.15, -0.1) is 0 Å².